The van der Waals surface area contributed by atoms with E-state index < -0.39 is 11.4 Å². The average Bonchev–Trinajstić information content (AvgIpc) is 3.10. The van der Waals surface area contributed by atoms with Crippen LogP contribution < -0.4 is 15.1 Å². The summed E-state index contributed by atoms with van der Waals surface area (Å²) in [6.45, 7) is 7.69. The van der Waals surface area contributed by atoms with Crippen molar-refractivity contribution in [1.82, 2.24) is 4.57 Å². The van der Waals surface area contributed by atoms with Crippen LogP contribution in [0, 0.1) is 0 Å². The van der Waals surface area contributed by atoms with Gasteiger partial charge in [-0.15, -0.1) is 0 Å². The van der Waals surface area contributed by atoms with Crippen molar-refractivity contribution in [2.45, 2.75) is 46.1 Å². The molecule has 4 heterocycles. The quantitative estimate of drug-likeness (QED) is 0.863. The van der Waals surface area contributed by atoms with Gasteiger partial charge in [0.25, 0.3) is 0 Å². The number of nitrogens with zero attached hydrogens (tertiary/aromatic N) is 2. The number of aromatic carboxylic acids is 1. The van der Waals surface area contributed by atoms with E-state index in [-0.39, 0.29) is 5.56 Å². The summed E-state index contributed by atoms with van der Waals surface area (Å²) in [5.74, 6) is -0.161. The van der Waals surface area contributed by atoms with Gasteiger partial charge in [0, 0.05) is 49.4 Å². The number of pyridine rings is 1. The summed E-state index contributed by atoms with van der Waals surface area (Å²) in [4.78, 5) is 25.8. The first-order valence-electron chi connectivity index (χ1n) is 10.1. The van der Waals surface area contributed by atoms with Crippen molar-refractivity contribution in [2.75, 3.05) is 24.6 Å². The molecule has 0 saturated carbocycles. The second kappa shape index (κ2) is 7.34. The highest BCUT2D eigenvalue weighted by Crippen LogP contribution is 2.46. The van der Waals surface area contributed by atoms with Crippen molar-refractivity contribution < 1.29 is 14.6 Å². The summed E-state index contributed by atoms with van der Waals surface area (Å²) in [5, 5.41) is 9.21. The predicted molar refractivity (Wildman–Crippen MR) is 109 cm³/mol. The standard InChI is InChI=1S/C19H18N2O4.C3H8/c22-17-9-15-13-8-16(20-4-1-5-20)18-12(3-7-25-18)11(13)2-6-21(15)10-14(17)19(23)24;1-3-2/h8-10H,1-7H2,(H,23,24);3H2,1-2H3. The van der Waals surface area contributed by atoms with Crippen LogP contribution in [0.2, 0.25) is 0 Å². The van der Waals surface area contributed by atoms with Crippen LogP contribution in [0.25, 0.3) is 11.3 Å². The van der Waals surface area contributed by atoms with Gasteiger partial charge < -0.3 is 19.3 Å². The van der Waals surface area contributed by atoms with Crippen LogP contribution in [0.4, 0.5) is 5.69 Å². The molecule has 0 spiro atoms. The summed E-state index contributed by atoms with van der Waals surface area (Å²) >= 11 is 0. The summed E-state index contributed by atoms with van der Waals surface area (Å²) in [7, 11) is 0. The molecule has 3 aliphatic heterocycles. The number of hydrogen-bond donors (Lipinski definition) is 1. The Morgan fingerprint density at radius 2 is 1.89 bits per heavy atom. The Balaban J connectivity index is 0.000000604. The van der Waals surface area contributed by atoms with Crippen LogP contribution in [0.1, 0.15) is 48.2 Å². The molecule has 148 valence electrons. The van der Waals surface area contributed by atoms with E-state index >= 15 is 0 Å². The fraction of sp³-hybridized carbons (Fsp3) is 0.455. The molecule has 0 radical (unpaired) electrons. The van der Waals surface area contributed by atoms with E-state index in [2.05, 4.69) is 24.8 Å². The lowest BCUT2D eigenvalue weighted by atomic mass is 9.89. The number of anilines is 1. The Bertz CT molecular complexity index is 989. The van der Waals surface area contributed by atoms with Gasteiger partial charge in [0.15, 0.2) is 5.43 Å². The molecule has 0 unspecified atom stereocenters. The zero-order chi connectivity index (χ0) is 19.8. The van der Waals surface area contributed by atoms with Gasteiger partial charge in [-0.25, -0.2) is 4.79 Å². The van der Waals surface area contributed by atoms with Gasteiger partial charge in [-0.2, -0.15) is 0 Å². The highest BCUT2D eigenvalue weighted by atomic mass is 16.5. The van der Waals surface area contributed by atoms with E-state index in [9.17, 15) is 14.7 Å². The van der Waals surface area contributed by atoms with E-state index in [0.29, 0.717) is 13.2 Å². The number of fused-ring (bicyclic) bond motifs is 5. The Hall–Kier alpha value is -2.76. The minimum Gasteiger partial charge on any atom is -0.491 e. The zero-order valence-corrected chi connectivity index (χ0v) is 16.5. The van der Waals surface area contributed by atoms with Crippen LogP contribution in [0.15, 0.2) is 23.1 Å². The normalized spacial score (nSPS) is 16.0. The maximum Gasteiger partial charge on any atom is 0.341 e. The molecule has 1 fully saturated rings. The maximum atomic E-state index is 12.2. The van der Waals surface area contributed by atoms with Crippen LogP contribution in [-0.4, -0.2) is 35.3 Å². The third-order valence-corrected chi connectivity index (χ3v) is 5.51. The molecule has 0 amide bonds. The van der Waals surface area contributed by atoms with E-state index in [1.54, 1.807) is 0 Å². The summed E-state index contributed by atoms with van der Waals surface area (Å²) in [6.07, 6.45) is 5.65. The molecule has 1 saturated heterocycles. The molecule has 1 N–H and O–H groups in total. The molecule has 5 rings (SSSR count). The van der Waals surface area contributed by atoms with Gasteiger partial charge in [-0.1, -0.05) is 20.3 Å². The van der Waals surface area contributed by atoms with Crippen LogP contribution in [0.3, 0.4) is 0 Å². The van der Waals surface area contributed by atoms with Crippen LogP contribution >= 0.6 is 0 Å². The van der Waals surface area contributed by atoms with Crippen LogP contribution in [-0.2, 0) is 19.4 Å². The van der Waals surface area contributed by atoms with Crippen molar-refractivity contribution in [1.29, 1.82) is 0 Å². The summed E-state index contributed by atoms with van der Waals surface area (Å²) < 4.78 is 7.82. The number of aromatic nitrogens is 1. The molecule has 0 aliphatic carbocycles. The lowest BCUT2D eigenvalue weighted by Gasteiger charge is -2.36. The number of aryl methyl sites for hydroxylation is 1. The lowest BCUT2D eigenvalue weighted by Crippen LogP contribution is -2.37. The summed E-state index contributed by atoms with van der Waals surface area (Å²) in [5.41, 5.74) is 4.88. The van der Waals surface area contributed by atoms with Crippen molar-refractivity contribution >= 4 is 11.7 Å². The maximum absolute atomic E-state index is 12.2. The highest BCUT2D eigenvalue weighted by Gasteiger charge is 2.31. The van der Waals surface area contributed by atoms with E-state index in [4.69, 9.17) is 4.74 Å². The van der Waals surface area contributed by atoms with Gasteiger partial charge >= 0.3 is 5.97 Å². The molecular weight excluding hydrogens is 356 g/mol. The number of carbonyl (C=O) groups is 1. The van der Waals surface area contributed by atoms with Gasteiger partial charge in [-0.05, 0) is 24.5 Å². The van der Waals surface area contributed by atoms with Crippen molar-refractivity contribution in [3.63, 3.8) is 0 Å². The first-order chi connectivity index (χ1) is 13.5. The molecule has 0 bridgehead atoms. The Labute approximate surface area is 164 Å². The lowest BCUT2D eigenvalue weighted by molar-refractivity contribution is 0.0694. The van der Waals surface area contributed by atoms with E-state index in [0.717, 1.165) is 48.6 Å². The second-order valence-electron chi connectivity index (χ2n) is 7.56. The average molecular weight is 382 g/mol. The molecule has 6 heteroatoms. The molecule has 1 aromatic heterocycles. The third kappa shape index (κ3) is 2.97. The predicted octanol–water partition coefficient (Wildman–Crippen LogP) is 3.33. The molecular formula is C22H26N2O4. The van der Waals surface area contributed by atoms with Crippen LogP contribution in [0.5, 0.6) is 5.75 Å². The number of rotatable bonds is 2. The largest absolute Gasteiger partial charge is 0.491 e. The molecule has 2 aromatic rings. The van der Waals surface area contributed by atoms with Crippen molar-refractivity contribution in [2.24, 2.45) is 0 Å². The smallest absolute Gasteiger partial charge is 0.341 e. The second-order valence-corrected chi connectivity index (χ2v) is 7.56. The molecule has 6 nitrogen and oxygen atoms in total. The minimum atomic E-state index is -1.17. The third-order valence-electron chi connectivity index (χ3n) is 5.51. The summed E-state index contributed by atoms with van der Waals surface area (Å²) in [6, 6.07) is 3.60. The number of ether oxygens (including phenoxy) is 1. The Morgan fingerprint density at radius 3 is 2.54 bits per heavy atom. The van der Waals surface area contributed by atoms with Crippen molar-refractivity contribution in [3.8, 4) is 17.0 Å². The number of hydrogen-bond acceptors (Lipinski definition) is 4. The van der Waals surface area contributed by atoms with Crippen molar-refractivity contribution in [3.05, 3.63) is 45.2 Å². The van der Waals surface area contributed by atoms with Gasteiger partial charge in [-0.3, -0.25) is 4.79 Å². The molecule has 3 aliphatic rings. The Morgan fingerprint density at radius 1 is 1.14 bits per heavy atom. The zero-order valence-electron chi connectivity index (χ0n) is 16.5. The molecule has 28 heavy (non-hydrogen) atoms. The minimum absolute atomic E-state index is 0.167. The number of carboxylic acids is 1. The van der Waals surface area contributed by atoms with E-state index in [1.807, 2.05) is 4.57 Å². The fourth-order valence-corrected chi connectivity index (χ4v) is 4.11. The fourth-order valence-electron chi connectivity index (χ4n) is 4.11. The Kier molecular flexibility index (Phi) is 4.87. The highest BCUT2D eigenvalue weighted by molar-refractivity contribution is 5.88. The SMILES string of the molecule is CCC.O=C(O)c1cn2c(cc1=O)-c1cc(N3CCC3)c3c(c1CC2)CCO3. The van der Waals surface area contributed by atoms with E-state index in [1.165, 1.54) is 36.2 Å². The van der Waals surface area contributed by atoms with Gasteiger partial charge in [0.2, 0.25) is 0 Å². The first-order valence-corrected chi connectivity index (χ1v) is 10.1. The van der Waals surface area contributed by atoms with Gasteiger partial charge in [0.05, 0.1) is 18.0 Å². The number of benzene rings is 1. The molecule has 1 aromatic carbocycles. The van der Waals surface area contributed by atoms with Gasteiger partial charge in [0.1, 0.15) is 11.3 Å². The first kappa shape index (κ1) is 18.6. The molecule has 0 atom stereocenters. The topological polar surface area (TPSA) is 71.8 Å². The monoisotopic (exact) mass is 382 g/mol. The number of carboxylic acid groups (broad SMARTS) is 1.